The lowest BCUT2D eigenvalue weighted by Crippen LogP contribution is -2.17. The Balaban J connectivity index is 2.96. The molecule has 1 rings (SSSR count). The predicted octanol–water partition coefficient (Wildman–Crippen LogP) is 2.00. The van der Waals surface area contributed by atoms with Crippen molar-refractivity contribution in [2.45, 2.75) is 13.0 Å². The summed E-state index contributed by atoms with van der Waals surface area (Å²) in [6.45, 7) is 2.33. The molecule has 1 unspecified atom stereocenters. The van der Waals surface area contributed by atoms with Gasteiger partial charge in [-0.2, -0.15) is 0 Å². The van der Waals surface area contributed by atoms with Crippen molar-refractivity contribution in [3.63, 3.8) is 0 Å². The first-order valence-corrected chi connectivity index (χ1v) is 4.45. The third-order valence-electron chi connectivity index (χ3n) is 1.89. The summed E-state index contributed by atoms with van der Waals surface area (Å²) in [6.07, 6.45) is -0.573. The number of ether oxygens (including phenoxy) is 1. The predicted molar refractivity (Wildman–Crippen MR) is 49.8 cm³/mol. The van der Waals surface area contributed by atoms with E-state index in [1.165, 1.54) is 0 Å². The van der Waals surface area contributed by atoms with E-state index in [9.17, 15) is 8.78 Å². The van der Waals surface area contributed by atoms with E-state index >= 15 is 0 Å². The second-order valence-electron chi connectivity index (χ2n) is 2.85. The Kier molecular flexibility index (Phi) is 3.98. The van der Waals surface area contributed by atoms with Crippen LogP contribution in [-0.4, -0.2) is 13.2 Å². The first-order valence-electron chi connectivity index (χ1n) is 4.45. The molecule has 14 heavy (non-hydrogen) atoms. The fourth-order valence-corrected chi connectivity index (χ4v) is 1.25. The SMILES string of the molecule is CCOC(CN)c1cc(F)ccc1F. The van der Waals surface area contributed by atoms with Gasteiger partial charge in [-0.25, -0.2) is 8.78 Å². The Morgan fingerprint density at radius 1 is 1.43 bits per heavy atom. The van der Waals surface area contributed by atoms with E-state index in [-0.39, 0.29) is 12.1 Å². The zero-order valence-corrected chi connectivity index (χ0v) is 7.97. The first-order chi connectivity index (χ1) is 6.69. The molecule has 0 fully saturated rings. The molecule has 0 heterocycles. The summed E-state index contributed by atoms with van der Waals surface area (Å²) in [5.41, 5.74) is 5.57. The Labute approximate surface area is 81.7 Å². The van der Waals surface area contributed by atoms with Crippen LogP contribution in [0.25, 0.3) is 0 Å². The van der Waals surface area contributed by atoms with Gasteiger partial charge in [-0.1, -0.05) is 0 Å². The maximum atomic E-state index is 13.2. The van der Waals surface area contributed by atoms with Gasteiger partial charge in [-0.15, -0.1) is 0 Å². The van der Waals surface area contributed by atoms with Crippen molar-refractivity contribution in [1.82, 2.24) is 0 Å². The summed E-state index contributed by atoms with van der Waals surface area (Å²) in [4.78, 5) is 0. The monoisotopic (exact) mass is 201 g/mol. The number of hydrogen-bond acceptors (Lipinski definition) is 2. The van der Waals surface area contributed by atoms with Crippen LogP contribution in [0.3, 0.4) is 0 Å². The smallest absolute Gasteiger partial charge is 0.129 e. The van der Waals surface area contributed by atoms with E-state index in [0.29, 0.717) is 6.61 Å². The van der Waals surface area contributed by atoms with E-state index in [4.69, 9.17) is 10.5 Å². The molecule has 0 aromatic heterocycles. The highest BCUT2D eigenvalue weighted by atomic mass is 19.1. The fourth-order valence-electron chi connectivity index (χ4n) is 1.25. The Morgan fingerprint density at radius 3 is 2.71 bits per heavy atom. The highest BCUT2D eigenvalue weighted by Gasteiger charge is 2.14. The van der Waals surface area contributed by atoms with Crippen LogP contribution in [0, 0.1) is 11.6 Å². The minimum Gasteiger partial charge on any atom is -0.372 e. The van der Waals surface area contributed by atoms with E-state index in [1.807, 2.05) is 0 Å². The van der Waals surface area contributed by atoms with E-state index in [1.54, 1.807) is 6.92 Å². The molecule has 0 aliphatic rings. The molecular formula is C10H13F2NO. The zero-order valence-electron chi connectivity index (χ0n) is 7.97. The van der Waals surface area contributed by atoms with Crippen molar-refractivity contribution in [2.24, 2.45) is 5.73 Å². The second-order valence-corrected chi connectivity index (χ2v) is 2.85. The number of hydrogen-bond donors (Lipinski definition) is 1. The summed E-state index contributed by atoms with van der Waals surface area (Å²) in [7, 11) is 0. The molecule has 0 saturated carbocycles. The van der Waals surface area contributed by atoms with Crippen LogP contribution in [0.1, 0.15) is 18.6 Å². The van der Waals surface area contributed by atoms with Gasteiger partial charge in [0.05, 0.1) is 6.10 Å². The Bertz CT molecular complexity index is 304. The molecule has 1 aromatic rings. The van der Waals surface area contributed by atoms with Crippen molar-refractivity contribution in [1.29, 1.82) is 0 Å². The van der Waals surface area contributed by atoms with Crippen molar-refractivity contribution in [3.05, 3.63) is 35.4 Å². The van der Waals surface area contributed by atoms with Crippen LogP contribution < -0.4 is 5.73 Å². The largest absolute Gasteiger partial charge is 0.372 e. The topological polar surface area (TPSA) is 35.2 Å². The maximum absolute atomic E-state index is 13.2. The van der Waals surface area contributed by atoms with Gasteiger partial charge >= 0.3 is 0 Å². The number of rotatable bonds is 4. The molecule has 1 aromatic carbocycles. The zero-order chi connectivity index (χ0) is 10.6. The van der Waals surface area contributed by atoms with Crippen molar-refractivity contribution in [2.75, 3.05) is 13.2 Å². The molecule has 0 aliphatic heterocycles. The molecule has 2 nitrogen and oxygen atoms in total. The quantitative estimate of drug-likeness (QED) is 0.808. The lowest BCUT2D eigenvalue weighted by atomic mass is 10.1. The minimum absolute atomic E-state index is 0.133. The van der Waals surface area contributed by atoms with Crippen LogP contribution in [0.2, 0.25) is 0 Å². The Hall–Kier alpha value is -1.00. The molecule has 4 heteroatoms. The summed E-state index contributed by atoms with van der Waals surface area (Å²) >= 11 is 0. The molecule has 78 valence electrons. The van der Waals surface area contributed by atoms with Gasteiger partial charge in [0.25, 0.3) is 0 Å². The standard InChI is InChI=1S/C10H13F2NO/c1-2-14-10(6-13)8-5-7(11)3-4-9(8)12/h3-5,10H,2,6,13H2,1H3. The van der Waals surface area contributed by atoms with Crippen LogP contribution in [0.4, 0.5) is 8.78 Å². The molecule has 1 atom stereocenters. The van der Waals surface area contributed by atoms with Crippen molar-refractivity contribution < 1.29 is 13.5 Å². The number of nitrogens with two attached hydrogens (primary N) is 1. The average molecular weight is 201 g/mol. The molecule has 0 saturated heterocycles. The van der Waals surface area contributed by atoms with Gasteiger partial charge in [0, 0.05) is 18.7 Å². The highest BCUT2D eigenvalue weighted by molar-refractivity contribution is 5.21. The third-order valence-corrected chi connectivity index (χ3v) is 1.89. The molecule has 2 N–H and O–H groups in total. The number of halogens is 2. The molecule has 0 aliphatic carbocycles. The van der Waals surface area contributed by atoms with Gasteiger partial charge in [0.1, 0.15) is 11.6 Å². The van der Waals surface area contributed by atoms with Gasteiger partial charge < -0.3 is 10.5 Å². The van der Waals surface area contributed by atoms with Gasteiger partial charge in [-0.05, 0) is 25.1 Å². The molecular weight excluding hydrogens is 188 g/mol. The summed E-state index contributed by atoms with van der Waals surface area (Å²) in [5.74, 6) is -0.977. The van der Waals surface area contributed by atoms with Gasteiger partial charge in [0.2, 0.25) is 0 Å². The average Bonchev–Trinajstić information content (AvgIpc) is 2.18. The molecule has 0 amide bonds. The lowest BCUT2D eigenvalue weighted by Gasteiger charge is -2.15. The van der Waals surface area contributed by atoms with E-state index < -0.39 is 17.7 Å². The summed E-state index contributed by atoms with van der Waals surface area (Å²) < 4.78 is 31.2. The van der Waals surface area contributed by atoms with Crippen LogP contribution in [-0.2, 0) is 4.74 Å². The van der Waals surface area contributed by atoms with Crippen LogP contribution in [0.15, 0.2) is 18.2 Å². The summed E-state index contributed by atoms with van der Waals surface area (Å²) in [6, 6.07) is 3.26. The normalized spacial score (nSPS) is 12.9. The molecule has 0 bridgehead atoms. The lowest BCUT2D eigenvalue weighted by molar-refractivity contribution is 0.0660. The fraction of sp³-hybridized carbons (Fsp3) is 0.400. The molecule has 0 spiro atoms. The van der Waals surface area contributed by atoms with E-state index in [0.717, 1.165) is 18.2 Å². The highest BCUT2D eigenvalue weighted by Crippen LogP contribution is 2.20. The second kappa shape index (κ2) is 5.02. The number of benzene rings is 1. The van der Waals surface area contributed by atoms with Crippen LogP contribution >= 0.6 is 0 Å². The van der Waals surface area contributed by atoms with E-state index in [2.05, 4.69) is 0 Å². The summed E-state index contributed by atoms with van der Waals surface area (Å²) in [5, 5.41) is 0. The van der Waals surface area contributed by atoms with Crippen molar-refractivity contribution in [3.8, 4) is 0 Å². The van der Waals surface area contributed by atoms with Gasteiger partial charge in [-0.3, -0.25) is 0 Å². The minimum atomic E-state index is -0.573. The van der Waals surface area contributed by atoms with Gasteiger partial charge in [0.15, 0.2) is 0 Å². The Morgan fingerprint density at radius 2 is 2.14 bits per heavy atom. The maximum Gasteiger partial charge on any atom is 0.129 e. The van der Waals surface area contributed by atoms with Crippen molar-refractivity contribution >= 4 is 0 Å². The first kappa shape index (κ1) is 11.1. The van der Waals surface area contributed by atoms with Crippen LogP contribution in [0.5, 0.6) is 0 Å². The third kappa shape index (κ3) is 2.49. The molecule has 0 radical (unpaired) electrons.